The fourth-order valence-corrected chi connectivity index (χ4v) is 4.31. The molecule has 0 unspecified atom stereocenters. The summed E-state index contributed by atoms with van der Waals surface area (Å²) in [4.78, 5) is 20.2. The van der Waals surface area contributed by atoms with Gasteiger partial charge in [0.05, 0.1) is 12.6 Å². The Balaban J connectivity index is 1.48. The number of aromatic nitrogens is 5. The van der Waals surface area contributed by atoms with E-state index in [0.717, 1.165) is 17.2 Å². The molecule has 0 saturated heterocycles. The molecule has 1 aliphatic carbocycles. The van der Waals surface area contributed by atoms with Crippen molar-refractivity contribution in [2.45, 2.75) is 45.2 Å². The zero-order valence-corrected chi connectivity index (χ0v) is 17.1. The van der Waals surface area contributed by atoms with Gasteiger partial charge >= 0.3 is 0 Å². The minimum Gasteiger partial charge on any atom is -0.325 e. The molecule has 7 nitrogen and oxygen atoms in total. The molecule has 3 aromatic rings. The van der Waals surface area contributed by atoms with Crippen LogP contribution in [-0.2, 0) is 13.6 Å². The van der Waals surface area contributed by atoms with E-state index >= 15 is 0 Å². The first kappa shape index (κ1) is 18.1. The number of carbonyl (C=O) groups excluding carboxylic acids is 1. The summed E-state index contributed by atoms with van der Waals surface area (Å²) in [6.45, 7) is 5.52. The Kier molecular flexibility index (Phi) is 4.26. The highest BCUT2D eigenvalue weighted by Gasteiger charge is 2.38. The SMILES string of the molecule is CC(C)[C@H]1c2nc(-c3ccccc3)nn2CCN1C(=O)c1cc(C2CC2)n(C)n1. The molecular formula is C22H26N6O. The van der Waals surface area contributed by atoms with Gasteiger partial charge in [-0.3, -0.25) is 9.48 Å². The molecule has 7 heteroatoms. The Hall–Kier alpha value is -2.96. The van der Waals surface area contributed by atoms with Crippen molar-refractivity contribution < 1.29 is 4.79 Å². The zero-order chi connectivity index (χ0) is 20.1. The van der Waals surface area contributed by atoms with Gasteiger partial charge in [-0.25, -0.2) is 9.67 Å². The summed E-state index contributed by atoms with van der Waals surface area (Å²) in [6.07, 6.45) is 2.38. The van der Waals surface area contributed by atoms with E-state index in [4.69, 9.17) is 10.1 Å². The van der Waals surface area contributed by atoms with Crippen LogP contribution in [0.2, 0.25) is 0 Å². The first-order valence-electron chi connectivity index (χ1n) is 10.4. The van der Waals surface area contributed by atoms with Crippen LogP contribution in [0.3, 0.4) is 0 Å². The number of carbonyl (C=O) groups is 1. The van der Waals surface area contributed by atoms with Gasteiger partial charge in [-0.15, -0.1) is 0 Å². The van der Waals surface area contributed by atoms with Crippen molar-refractivity contribution in [3.63, 3.8) is 0 Å². The van der Waals surface area contributed by atoms with Crippen molar-refractivity contribution in [3.8, 4) is 11.4 Å². The summed E-state index contributed by atoms with van der Waals surface area (Å²) in [5.41, 5.74) is 2.70. The highest BCUT2D eigenvalue weighted by molar-refractivity contribution is 5.92. The molecule has 0 spiro atoms. The Bertz CT molecular complexity index is 1050. The van der Waals surface area contributed by atoms with Gasteiger partial charge in [0.25, 0.3) is 5.91 Å². The molecule has 1 aromatic carbocycles. The van der Waals surface area contributed by atoms with Crippen molar-refractivity contribution in [3.05, 3.63) is 53.6 Å². The third kappa shape index (κ3) is 3.14. The summed E-state index contributed by atoms with van der Waals surface area (Å²) in [5, 5.41) is 9.25. The van der Waals surface area contributed by atoms with E-state index < -0.39 is 0 Å². The first-order chi connectivity index (χ1) is 14.0. The van der Waals surface area contributed by atoms with E-state index in [1.807, 2.05) is 57.7 Å². The minimum atomic E-state index is -0.118. The van der Waals surface area contributed by atoms with Gasteiger partial charge in [-0.1, -0.05) is 44.2 Å². The lowest BCUT2D eigenvalue weighted by molar-refractivity contribution is 0.0530. The molecule has 0 radical (unpaired) electrons. The van der Waals surface area contributed by atoms with E-state index in [0.29, 0.717) is 24.7 Å². The highest BCUT2D eigenvalue weighted by Crippen LogP contribution is 2.40. The summed E-state index contributed by atoms with van der Waals surface area (Å²) in [5.74, 6) is 2.35. The topological polar surface area (TPSA) is 68.8 Å². The maximum Gasteiger partial charge on any atom is 0.275 e. The van der Waals surface area contributed by atoms with Crippen LogP contribution in [-0.4, -0.2) is 41.9 Å². The molecule has 0 bridgehead atoms. The number of hydrogen-bond donors (Lipinski definition) is 0. The van der Waals surface area contributed by atoms with Crippen LogP contribution in [0.4, 0.5) is 0 Å². The maximum absolute atomic E-state index is 13.4. The van der Waals surface area contributed by atoms with Gasteiger partial charge in [0.2, 0.25) is 0 Å². The lowest BCUT2D eigenvalue weighted by Crippen LogP contribution is -2.44. The van der Waals surface area contributed by atoms with Crippen LogP contribution in [0.5, 0.6) is 0 Å². The molecule has 1 atom stereocenters. The Labute approximate surface area is 170 Å². The van der Waals surface area contributed by atoms with Gasteiger partial charge < -0.3 is 4.90 Å². The predicted molar refractivity (Wildman–Crippen MR) is 109 cm³/mol. The number of benzene rings is 1. The molecule has 29 heavy (non-hydrogen) atoms. The van der Waals surface area contributed by atoms with E-state index in [9.17, 15) is 4.79 Å². The average molecular weight is 390 g/mol. The van der Waals surface area contributed by atoms with Crippen LogP contribution in [0.25, 0.3) is 11.4 Å². The predicted octanol–water partition coefficient (Wildman–Crippen LogP) is 3.41. The second-order valence-corrected chi connectivity index (χ2v) is 8.42. The van der Waals surface area contributed by atoms with Crippen LogP contribution in [0.1, 0.15) is 60.7 Å². The fourth-order valence-electron chi connectivity index (χ4n) is 4.31. The quantitative estimate of drug-likeness (QED) is 0.685. The fraction of sp³-hybridized carbons (Fsp3) is 0.455. The van der Waals surface area contributed by atoms with Crippen molar-refractivity contribution in [1.29, 1.82) is 0 Å². The van der Waals surface area contributed by atoms with E-state index in [1.54, 1.807) is 0 Å². The van der Waals surface area contributed by atoms with Gasteiger partial charge in [-0.05, 0) is 24.8 Å². The van der Waals surface area contributed by atoms with Crippen molar-refractivity contribution in [2.75, 3.05) is 6.54 Å². The van der Waals surface area contributed by atoms with Gasteiger partial charge in [0, 0.05) is 30.8 Å². The van der Waals surface area contributed by atoms with Crippen molar-refractivity contribution >= 4 is 5.91 Å². The standard InChI is InChI=1S/C22H26N6O/c1-14(2)19-21-23-20(16-7-5-4-6-8-16)25-28(21)12-11-27(19)22(29)17-13-18(15-9-10-15)26(3)24-17/h4-8,13-15,19H,9-12H2,1-3H3/t19-/m0/s1. The molecule has 1 amide bonds. The lowest BCUT2D eigenvalue weighted by atomic mass is 9.99. The molecule has 2 aromatic heterocycles. The third-order valence-corrected chi connectivity index (χ3v) is 5.91. The minimum absolute atomic E-state index is 0.0123. The smallest absolute Gasteiger partial charge is 0.275 e. The molecule has 3 heterocycles. The molecule has 1 aliphatic heterocycles. The number of amides is 1. The molecular weight excluding hydrogens is 364 g/mol. The third-order valence-electron chi connectivity index (χ3n) is 5.91. The summed E-state index contributed by atoms with van der Waals surface area (Å²) in [7, 11) is 1.93. The summed E-state index contributed by atoms with van der Waals surface area (Å²) < 4.78 is 3.83. The lowest BCUT2D eigenvalue weighted by Gasteiger charge is -2.37. The van der Waals surface area contributed by atoms with E-state index in [-0.39, 0.29) is 17.9 Å². The van der Waals surface area contributed by atoms with Gasteiger partial charge in [0.1, 0.15) is 0 Å². The second-order valence-electron chi connectivity index (χ2n) is 8.42. The number of aryl methyl sites for hydroxylation is 1. The molecule has 0 N–H and O–H groups in total. The van der Waals surface area contributed by atoms with Gasteiger partial charge in [0.15, 0.2) is 17.3 Å². The second kappa shape index (κ2) is 6.83. The molecule has 1 saturated carbocycles. The average Bonchev–Trinajstić information content (AvgIpc) is 3.35. The Morgan fingerprint density at radius 1 is 1.10 bits per heavy atom. The Morgan fingerprint density at radius 2 is 1.86 bits per heavy atom. The monoisotopic (exact) mass is 390 g/mol. The number of fused-ring (bicyclic) bond motifs is 1. The number of rotatable bonds is 4. The van der Waals surface area contributed by atoms with Crippen LogP contribution in [0.15, 0.2) is 36.4 Å². The van der Waals surface area contributed by atoms with Crippen molar-refractivity contribution in [1.82, 2.24) is 29.4 Å². The molecule has 1 fully saturated rings. The van der Waals surface area contributed by atoms with Crippen LogP contribution in [0, 0.1) is 5.92 Å². The number of nitrogens with zero attached hydrogens (tertiary/aromatic N) is 6. The number of hydrogen-bond acceptors (Lipinski definition) is 4. The Morgan fingerprint density at radius 3 is 2.55 bits per heavy atom. The van der Waals surface area contributed by atoms with Crippen LogP contribution >= 0.6 is 0 Å². The van der Waals surface area contributed by atoms with Gasteiger partial charge in [-0.2, -0.15) is 10.2 Å². The summed E-state index contributed by atoms with van der Waals surface area (Å²) >= 11 is 0. The molecule has 150 valence electrons. The summed E-state index contributed by atoms with van der Waals surface area (Å²) in [6, 6.07) is 11.9. The van der Waals surface area contributed by atoms with E-state index in [2.05, 4.69) is 18.9 Å². The normalized spacial score (nSPS) is 18.9. The molecule has 5 rings (SSSR count). The van der Waals surface area contributed by atoms with E-state index in [1.165, 1.54) is 18.5 Å². The zero-order valence-electron chi connectivity index (χ0n) is 17.1. The maximum atomic E-state index is 13.4. The first-order valence-corrected chi connectivity index (χ1v) is 10.4. The largest absolute Gasteiger partial charge is 0.325 e. The van der Waals surface area contributed by atoms with Crippen molar-refractivity contribution in [2.24, 2.45) is 13.0 Å². The van der Waals surface area contributed by atoms with Crippen LogP contribution < -0.4 is 0 Å². The molecule has 2 aliphatic rings. The highest BCUT2D eigenvalue weighted by atomic mass is 16.2.